The maximum atomic E-state index is 6.43. The molecule has 0 radical (unpaired) electrons. The third kappa shape index (κ3) is 4.30. The van der Waals surface area contributed by atoms with Gasteiger partial charge in [-0.15, -0.1) is 10.2 Å². The van der Waals surface area contributed by atoms with E-state index in [1.807, 2.05) is 30.5 Å². The summed E-state index contributed by atoms with van der Waals surface area (Å²) < 4.78 is 18.1. The van der Waals surface area contributed by atoms with E-state index in [-0.39, 0.29) is 0 Å². The van der Waals surface area contributed by atoms with E-state index < -0.39 is 0 Å². The first-order valence-electron chi connectivity index (χ1n) is 9.60. The Morgan fingerprint density at radius 3 is 2.41 bits per heavy atom. The van der Waals surface area contributed by atoms with Gasteiger partial charge in [-0.1, -0.05) is 40.1 Å². The molecule has 0 bridgehead atoms. The first-order chi connectivity index (χ1) is 15.4. The zero-order valence-corrected chi connectivity index (χ0v) is 20.2. The summed E-state index contributed by atoms with van der Waals surface area (Å²) in [5, 5.41) is 14.7. The van der Waals surface area contributed by atoms with Gasteiger partial charge in [0.25, 0.3) is 0 Å². The highest BCUT2D eigenvalue weighted by Crippen LogP contribution is 2.37. The van der Waals surface area contributed by atoms with Crippen LogP contribution in [0.1, 0.15) is 17.0 Å². The summed E-state index contributed by atoms with van der Waals surface area (Å²) in [5.41, 5.74) is 3.37. The Balaban J connectivity index is 1.84. The van der Waals surface area contributed by atoms with Crippen LogP contribution in [0.15, 0.2) is 46.1 Å². The summed E-state index contributed by atoms with van der Waals surface area (Å²) in [6.07, 6.45) is 0. The van der Waals surface area contributed by atoms with Crippen molar-refractivity contribution in [2.75, 3.05) is 14.2 Å². The average Bonchev–Trinajstić information content (AvgIpc) is 3.35. The van der Waals surface area contributed by atoms with Crippen molar-refractivity contribution in [3.05, 3.63) is 63.5 Å². The number of ether oxygens (including phenoxy) is 2. The molecule has 7 nitrogen and oxygen atoms in total. The lowest BCUT2D eigenvalue weighted by Crippen LogP contribution is -2.02. The SMILES string of the molecule is COc1ccc(-n2c(SCc3c(C)noc3C)nnc2-c2cc(Cl)ccc2OC)cc1Cl. The molecule has 0 N–H and O–H groups in total. The predicted octanol–water partition coefficient (Wildman–Crippen LogP) is 6.16. The fraction of sp³-hybridized carbons (Fsp3) is 0.227. The molecular weight excluding hydrogens is 471 g/mol. The molecule has 2 aromatic heterocycles. The van der Waals surface area contributed by atoms with Gasteiger partial charge >= 0.3 is 0 Å². The Morgan fingerprint density at radius 1 is 1.00 bits per heavy atom. The zero-order chi connectivity index (χ0) is 22.8. The van der Waals surface area contributed by atoms with Gasteiger partial charge in [0, 0.05) is 16.3 Å². The van der Waals surface area contributed by atoms with E-state index in [1.54, 1.807) is 38.5 Å². The molecule has 166 valence electrons. The Morgan fingerprint density at radius 2 is 1.75 bits per heavy atom. The molecule has 32 heavy (non-hydrogen) atoms. The number of thioether (sulfide) groups is 1. The van der Waals surface area contributed by atoms with Gasteiger partial charge in [-0.3, -0.25) is 4.57 Å². The van der Waals surface area contributed by atoms with Crippen LogP contribution < -0.4 is 9.47 Å². The van der Waals surface area contributed by atoms with E-state index in [9.17, 15) is 0 Å². The molecule has 4 aromatic rings. The van der Waals surface area contributed by atoms with Crippen molar-refractivity contribution in [1.82, 2.24) is 19.9 Å². The molecule has 4 rings (SSSR count). The van der Waals surface area contributed by atoms with E-state index in [0.717, 1.165) is 22.7 Å². The summed E-state index contributed by atoms with van der Waals surface area (Å²) in [7, 11) is 3.18. The molecule has 2 aromatic carbocycles. The lowest BCUT2D eigenvalue weighted by molar-refractivity contribution is 0.392. The topological polar surface area (TPSA) is 75.2 Å². The van der Waals surface area contributed by atoms with Gasteiger partial charge in [-0.2, -0.15) is 0 Å². The second-order valence-electron chi connectivity index (χ2n) is 6.90. The minimum atomic E-state index is 0.476. The second-order valence-corrected chi connectivity index (χ2v) is 8.68. The lowest BCUT2D eigenvalue weighted by atomic mass is 10.2. The van der Waals surface area contributed by atoms with E-state index >= 15 is 0 Å². The number of halogens is 2. The fourth-order valence-electron chi connectivity index (χ4n) is 3.26. The van der Waals surface area contributed by atoms with Crippen LogP contribution >= 0.6 is 35.0 Å². The number of nitrogens with zero attached hydrogens (tertiary/aromatic N) is 4. The second kappa shape index (κ2) is 9.44. The lowest BCUT2D eigenvalue weighted by Gasteiger charge is -2.14. The number of rotatable bonds is 7. The minimum Gasteiger partial charge on any atom is -0.496 e. The Hall–Kier alpha value is -2.68. The van der Waals surface area contributed by atoms with Gasteiger partial charge in [0.1, 0.15) is 17.3 Å². The molecule has 0 saturated carbocycles. The first kappa shape index (κ1) is 22.5. The fourth-order valence-corrected chi connectivity index (χ4v) is 4.79. The highest BCUT2D eigenvalue weighted by molar-refractivity contribution is 7.98. The van der Waals surface area contributed by atoms with E-state index in [1.165, 1.54) is 11.8 Å². The molecule has 2 heterocycles. The van der Waals surface area contributed by atoms with Crippen molar-refractivity contribution >= 4 is 35.0 Å². The molecular formula is C22H20Cl2N4O3S. The Kier molecular flexibility index (Phi) is 6.64. The van der Waals surface area contributed by atoms with E-state index in [0.29, 0.717) is 43.8 Å². The smallest absolute Gasteiger partial charge is 0.196 e. The maximum Gasteiger partial charge on any atom is 0.196 e. The average molecular weight is 491 g/mol. The van der Waals surface area contributed by atoms with Gasteiger partial charge in [-0.05, 0) is 50.2 Å². The van der Waals surface area contributed by atoms with Crippen LogP contribution in [0.2, 0.25) is 10.0 Å². The van der Waals surface area contributed by atoms with Crippen molar-refractivity contribution in [2.24, 2.45) is 0 Å². The third-order valence-electron chi connectivity index (χ3n) is 4.96. The van der Waals surface area contributed by atoms with Gasteiger partial charge in [0.2, 0.25) is 0 Å². The van der Waals surface area contributed by atoms with Crippen LogP contribution in [0.5, 0.6) is 11.5 Å². The van der Waals surface area contributed by atoms with Gasteiger partial charge in [0.15, 0.2) is 11.0 Å². The number of aromatic nitrogens is 4. The molecule has 0 fully saturated rings. The molecule has 0 saturated heterocycles. The quantitative estimate of drug-likeness (QED) is 0.287. The van der Waals surface area contributed by atoms with Crippen LogP contribution in [0, 0.1) is 13.8 Å². The molecule has 0 spiro atoms. The normalized spacial score (nSPS) is 11.1. The first-order valence-corrected chi connectivity index (χ1v) is 11.3. The monoisotopic (exact) mass is 490 g/mol. The van der Waals surface area contributed by atoms with Gasteiger partial charge < -0.3 is 14.0 Å². The number of methoxy groups -OCH3 is 2. The van der Waals surface area contributed by atoms with Crippen LogP contribution in [-0.4, -0.2) is 34.1 Å². The molecule has 0 aliphatic carbocycles. The standard InChI is InChI=1S/C22H20Cl2N4O3S/c1-12-17(13(2)31-27-12)11-32-22-26-25-21(16-9-14(23)5-7-19(16)29-3)28(22)15-6-8-20(30-4)18(24)10-15/h5-10H,11H2,1-4H3. The third-order valence-corrected chi connectivity index (χ3v) is 6.44. The summed E-state index contributed by atoms with van der Waals surface area (Å²) in [5.74, 6) is 3.19. The largest absolute Gasteiger partial charge is 0.496 e. The van der Waals surface area contributed by atoms with Crippen molar-refractivity contribution in [1.29, 1.82) is 0 Å². The molecule has 0 aliphatic rings. The van der Waals surface area contributed by atoms with Gasteiger partial charge in [0.05, 0.1) is 36.2 Å². The molecule has 0 atom stereocenters. The summed E-state index contributed by atoms with van der Waals surface area (Å²) >= 11 is 14.2. The molecule has 0 unspecified atom stereocenters. The van der Waals surface area contributed by atoms with E-state index in [2.05, 4.69) is 15.4 Å². The highest BCUT2D eigenvalue weighted by atomic mass is 35.5. The van der Waals surface area contributed by atoms with Crippen LogP contribution in [0.25, 0.3) is 17.1 Å². The van der Waals surface area contributed by atoms with Crippen LogP contribution in [-0.2, 0) is 5.75 Å². The summed E-state index contributed by atoms with van der Waals surface area (Å²) in [4.78, 5) is 0. The van der Waals surface area contributed by atoms with Crippen molar-refractivity contribution in [2.45, 2.75) is 24.8 Å². The molecule has 10 heteroatoms. The number of aryl methyl sites for hydroxylation is 2. The number of benzene rings is 2. The number of hydrogen-bond acceptors (Lipinski definition) is 7. The van der Waals surface area contributed by atoms with Crippen LogP contribution in [0.4, 0.5) is 0 Å². The van der Waals surface area contributed by atoms with E-state index in [4.69, 9.17) is 37.2 Å². The predicted molar refractivity (Wildman–Crippen MR) is 125 cm³/mol. The summed E-state index contributed by atoms with van der Waals surface area (Å²) in [6, 6.07) is 10.9. The maximum absolute atomic E-state index is 6.43. The molecule has 0 amide bonds. The highest BCUT2D eigenvalue weighted by Gasteiger charge is 2.21. The number of hydrogen-bond donors (Lipinski definition) is 0. The Bertz CT molecular complexity index is 1250. The van der Waals surface area contributed by atoms with Crippen molar-refractivity contribution in [3.8, 4) is 28.6 Å². The zero-order valence-electron chi connectivity index (χ0n) is 17.8. The minimum absolute atomic E-state index is 0.476. The Labute approximate surface area is 199 Å². The van der Waals surface area contributed by atoms with Crippen molar-refractivity contribution in [3.63, 3.8) is 0 Å². The van der Waals surface area contributed by atoms with Crippen molar-refractivity contribution < 1.29 is 14.0 Å². The molecule has 0 aliphatic heterocycles. The summed E-state index contributed by atoms with van der Waals surface area (Å²) in [6.45, 7) is 3.81. The van der Waals surface area contributed by atoms with Gasteiger partial charge in [-0.25, -0.2) is 0 Å². The van der Waals surface area contributed by atoms with Crippen LogP contribution in [0.3, 0.4) is 0 Å².